The van der Waals surface area contributed by atoms with Crippen LogP contribution in [-0.4, -0.2) is 11.3 Å². The van der Waals surface area contributed by atoms with Crippen molar-refractivity contribution < 1.29 is 9.18 Å². The molecule has 0 amide bonds. The van der Waals surface area contributed by atoms with Crippen LogP contribution in [0.4, 0.5) is 10.1 Å². The molecule has 0 saturated carbocycles. The van der Waals surface area contributed by atoms with Crippen LogP contribution in [0.1, 0.15) is 28.5 Å². The van der Waals surface area contributed by atoms with Gasteiger partial charge in [0.2, 0.25) is 0 Å². The minimum absolute atomic E-state index is 0.326. The Morgan fingerprint density at radius 2 is 2.10 bits per heavy atom. The van der Waals surface area contributed by atoms with Gasteiger partial charge in [-0.2, -0.15) is 0 Å². The van der Waals surface area contributed by atoms with Crippen molar-refractivity contribution in [3.8, 4) is 11.1 Å². The van der Waals surface area contributed by atoms with E-state index in [0.29, 0.717) is 16.9 Å². The predicted molar refractivity (Wildman–Crippen MR) is 82.4 cm³/mol. The Kier molecular flexibility index (Phi) is 3.87. The monoisotopic (exact) mass is 290 g/mol. The van der Waals surface area contributed by atoms with Crippen LogP contribution >= 0.6 is 9.24 Å². The van der Waals surface area contributed by atoms with Crippen LogP contribution in [0.3, 0.4) is 0 Å². The van der Waals surface area contributed by atoms with Gasteiger partial charge in [0.1, 0.15) is 0 Å². The first kappa shape index (κ1) is 14.6. The summed E-state index contributed by atoms with van der Waals surface area (Å²) in [4.78, 5) is 15.3. The Morgan fingerprint density at radius 1 is 1.40 bits per heavy atom. The third kappa shape index (κ3) is 2.86. The van der Waals surface area contributed by atoms with Crippen molar-refractivity contribution in [3.05, 3.63) is 47.3 Å². The van der Waals surface area contributed by atoms with Crippen LogP contribution in [0.2, 0.25) is 0 Å². The molecule has 0 aliphatic heterocycles. The van der Waals surface area contributed by atoms with Crippen molar-refractivity contribution in [3.63, 3.8) is 0 Å². The van der Waals surface area contributed by atoms with Crippen LogP contribution in [-0.2, 0) is 5.41 Å². The first-order chi connectivity index (χ1) is 9.32. The molecule has 3 nitrogen and oxygen atoms in total. The highest BCUT2D eigenvalue weighted by atomic mass is 31.0. The molecule has 5 heteroatoms. The van der Waals surface area contributed by atoms with Gasteiger partial charge in [-0.1, -0.05) is 15.3 Å². The topological polar surface area (TPSA) is 56.0 Å². The molecule has 2 unspecified atom stereocenters. The molecule has 0 bridgehead atoms. The van der Waals surface area contributed by atoms with E-state index in [1.165, 1.54) is 6.92 Å². The molecule has 2 aromatic rings. The average Bonchev–Trinajstić information content (AvgIpc) is 2.37. The Morgan fingerprint density at radius 3 is 2.60 bits per heavy atom. The van der Waals surface area contributed by atoms with Gasteiger partial charge in [0.15, 0.2) is 11.7 Å². The Balaban J connectivity index is 2.55. The summed E-state index contributed by atoms with van der Waals surface area (Å²) in [6.45, 7) is 3.30. The quantitative estimate of drug-likeness (QED) is 0.535. The highest BCUT2D eigenvalue weighted by Gasteiger charge is 2.20. The van der Waals surface area contributed by atoms with Crippen molar-refractivity contribution in [2.75, 3.05) is 5.73 Å². The van der Waals surface area contributed by atoms with E-state index in [1.807, 2.05) is 6.92 Å². The molecule has 2 N–H and O–H groups in total. The van der Waals surface area contributed by atoms with Crippen molar-refractivity contribution in [1.82, 2.24) is 4.98 Å². The zero-order valence-electron chi connectivity index (χ0n) is 11.4. The molecule has 0 saturated heterocycles. The van der Waals surface area contributed by atoms with E-state index in [1.54, 1.807) is 30.5 Å². The Hall–Kier alpha value is -1.80. The van der Waals surface area contributed by atoms with E-state index < -0.39 is 5.41 Å². The van der Waals surface area contributed by atoms with Crippen molar-refractivity contribution >= 4 is 21.2 Å². The molecule has 0 aliphatic rings. The maximum Gasteiger partial charge on any atom is 0.162 e. The van der Waals surface area contributed by atoms with Crippen LogP contribution in [0.5, 0.6) is 0 Å². The smallest absolute Gasteiger partial charge is 0.162 e. The number of hydrogen-bond acceptors (Lipinski definition) is 3. The average molecular weight is 290 g/mol. The Bertz CT molecular complexity index is 648. The molecule has 0 radical (unpaired) electrons. The number of alkyl halides is 1. The first-order valence-corrected chi connectivity index (χ1v) is 6.70. The summed E-state index contributed by atoms with van der Waals surface area (Å²) in [7, 11) is 2.11. The van der Waals surface area contributed by atoms with Gasteiger partial charge in [-0.3, -0.25) is 9.78 Å². The zero-order valence-corrected chi connectivity index (χ0v) is 12.5. The number of hydrogen-bond donors (Lipinski definition) is 1. The molecule has 0 spiro atoms. The van der Waals surface area contributed by atoms with Gasteiger partial charge in [-0.05, 0) is 43.2 Å². The summed E-state index contributed by atoms with van der Waals surface area (Å²) in [6.07, 6.45) is 2.34. The number of carbonyl (C=O) groups excluding carboxylic acids is 1. The number of nitrogens with two attached hydrogens (primary N) is 1. The standard InChI is InChI=1S/C15H16FN2OP/c1-9-5-12(17)6-11(8-19)14(9)10-3-4-13(18-7-10)15(2,16)20/h3-8H,17,20H2,1-2H3. The van der Waals surface area contributed by atoms with Crippen LogP contribution in [0.25, 0.3) is 11.1 Å². The van der Waals surface area contributed by atoms with Gasteiger partial charge in [-0.25, -0.2) is 4.39 Å². The number of halogens is 1. The molecule has 2 atom stereocenters. The SMILES string of the molecule is Cc1cc(N)cc(C=O)c1-c1ccc(C(C)(F)P)nc1. The molecule has 20 heavy (non-hydrogen) atoms. The number of aldehydes is 1. The number of benzene rings is 1. The second-order valence-electron chi connectivity index (χ2n) is 4.93. The third-order valence-electron chi connectivity index (χ3n) is 3.07. The Labute approximate surface area is 119 Å². The summed E-state index contributed by atoms with van der Waals surface area (Å²) >= 11 is 0. The van der Waals surface area contributed by atoms with Crippen LogP contribution in [0.15, 0.2) is 30.5 Å². The number of pyridine rings is 1. The molecule has 104 valence electrons. The summed E-state index contributed by atoms with van der Waals surface area (Å²) < 4.78 is 13.8. The molecule has 1 aromatic heterocycles. The second kappa shape index (κ2) is 5.29. The van der Waals surface area contributed by atoms with Crippen LogP contribution < -0.4 is 5.73 Å². The maximum absolute atomic E-state index is 13.8. The van der Waals surface area contributed by atoms with Gasteiger partial charge >= 0.3 is 0 Å². The number of rotatable bonds is 3. The first-order valence-electron chi connectivity index (χ1n) is 6.13. The molecular formula is C15H16FN2OP. The van der Waals surface area contributed by atoms with Gasteiger partial charge in [-0.15, -0.1) is 0 Å². The van der Waals surface area contributed by atoms with Crippen LogP contribution in [0, 0.1) is 6.92 Å². The fraction of sp³-hybridized carbons (Fsp3) is 0.200. The van der Waals surface area contributed by atoms with Crippen molar-refractivity contribution in [2.45, 2.75) is 19.3 Å². The van der Waals surface area contributed by atoms with E-state index in [2.05, 4.69) is 14.2 Å². The molecule has 1 heterocycles. The lowest BCUT2D eigenvalue weighted by atomic mass is 9.96. The fourth-order valence-corrected chi connectivity index (χ4v) is 2.33. The molecular weight excluding hydrogens is 274 g/mol. The molecule has 0 aliphatic carbocycles. The second-order valence-corrected chi connectivity index (χ2v) is 6.01. The number of nitrogen functional groups attached to an aromatic ring is 1. The summed E-state index contributed by atoms with van der Waals surface area (Å²) in [5.41, 5.74) is 9.54. The minimum Gasteiger partial charge on any atom is -0.399 e. The van der Waals surface area contributed by atoms with Crippen molar-refractivity contribution in [1.29, 1.82) is 0 Å². The predicted octanol–water partition coefficient (Wildman–Crippen LogP) is 3.47. The maximum atomic E-state index is 13.8. The van der Waals surface area contributed by atoms with E-state index >= 15 is 0 Å². The van der Waals surface area contributed by atoms with Gasteiger partial charge in [0.25, 0.3) is 0 Å². The summed E-state index contributed by atoms with van der Waals surface area (Å²) in [5.74, 6) is 0. The number of aromatic nitrogens is 1. The number of nitrogens with zero attached hydrogens (tertiary/aromatic N) is 1. The number of aryl methyl sites for hydroxylation is 1. The highest BCUT2D eigenvalue weighted by Crippen LogP contribution is 2.33. The molecule has 2 rings (SSSR count). The summed E-state index contributed by atoms with van der Waals surface area (Å²) in [6, 6.07) is 6.80. The minimum atomic E-state index is -1.57. The number of carbonyl (C=O) groups is 1. The summed E-state index contributed by atoms with van der Waals surface area (Å²) in [5, 5.41) is -1.57. The van der Waals surface area contributed by atoms with E-state index in [9.17, 15) is 9.18 Å². The van der Waals surface area contributed by atoms with Gasteiger partial charge in [0.05, 0.1) is 5.69 Å². The lowest BCUT2D eigenvalue weighted by molar-refractivity contribution is 0.112. The normalized spacial score (nSPS) is 13.8. The largest absolute Gasteiger partial charge is 0.399 e. The third-order valence-corrected chi connectivity index (χ3v) is 3.36. The lowest BCUT2D eigenvalue weighted by Gasteiger charge is -2.15. The van der Waals surface area contributed by atoms with E-state index in [4.69, 9.17) is 5.73 Å². The van der Waals surface area contributed by atoms with Gasteiger partial charge < -0.3 is 5.73 Å². The molecule has 1 aromatic carbocycles. The zero-order chi connectivity index (χ0) is 14.9. The number of anilines is 1. The molecule has 0 fully saturated rings. The van der Waals surface area contributed by atoms with Crippen molar-refractivity contribution in [2.24, 2.45) is 0 Å². The lowest BCUT2D eigenvalue weighted by Crippen LogP contribution is -2.07. The van der Waals surface area contributed by atoms with Gasteiger partial charge in [0, 0.05) is 23.0 Å². The van der Waals surface area contributed by atoms with E-state index in [-0.39, 0.29) is 0 Å². The fourth-order valence-electron chi connectivity index (χ4n) is 2.16. The highest BCUT2D eigenvalue weighted by molar-refractivity contribution is 7.18. The van der Waals surface area contributed by atoms with E-state index in [0.717, 1.165) is 23.0 Å².